The van der Waals surface area contributed by atoms with Gasteiger partial charge in [0.05, 0.1) is 7.11 Å². The van der Waals surface area contributed by atoms with Crippen LogP contribution in [0, 0.1) is 5.92 Å². The number of hydrogen-bond donors (Lipinski definition) is 1. The lowest BCUT2D eigenvalue weighted by Crippen LogP contribution is -2.43. The van der Waals surface area contributed by atoms with Gasteiger partial charge in [-0.05, 0) is 12.3 Å². The minimum Gasteiger partial charge on any atom is -0.467 e. The van der Waals surface area contributed by atoms with Crippen LogP contribution in [0.25, 0.3) is 0 Å². The molecule has 1 aliphatic rings. The lowest BCUT2D eigenvalue weighted by Gasteiger charge is -2.25. The molecule has 0 radical (unpaired) electrons. The molecule has 0 bridgehead atoms. The van der Waals surface area contributed by atoms with Gasteiger partial charge in [-0.3, -0.25) is 4.79 Å². The largest absolute Gasteiger partial charge is 0.467 e. The Kier molecular flexibility index (Phi) is 6.34. The van der Waals surface area contributed by atoms with Crippen LogP contribution in [0.15, 0.2) is 0 Å². The van der Waals surface area contributed by atoms with E-state index in [9.17, 15) is 9.59 Å². The van der Waals surface area contributed by atoms with E-state index < -0.39 is 6.04 Å². The third-order valence-corrected chi connectivity index (χ3v) is 3.48. The molecule has 1 atom stereocenters. The molecule has 98 valence electrons. The highest BCUT2D eigenvalue weighted by molar-refractivity contribution is 6.27. The van der Waals surface area contributed by atoms with Gasteiger partial charge in [-0.15, -0.1) is 11.6 Å². The average Bonchev–Trinajstić information content (AvgIpc) is 2.38. The van der Waals surface area contributed by atoms with Crippen LogP contribution < -0.4 is 5.32 Å². The van der Waals surface area contributed by atoms with Crippen LogP contribution in [0.1, 0.15) is 38.5 Å². The van der Waals surface area contributed by atoms with Gasteiger partial charge in [0.15, 0.2) is 0 Å². The first-order valence-electron chi connectivity index (χ1n) is 6.10. The molecule has 0 spiro atoms. The second-order valence-corrected chi connectivity index (χ2v) is 4.78. The van der Waals surface area contributed by atoms with Gasteiger partial charge >= 0.3 is 5.97 Å². The Bertz CT molecular complexity index is 264. The average molecular weight is 262 g/mol. The molecule has 1 fully saturated rings. The Morgan fingerprint density at radius 2 is 2.00 bits per heavy atom. The first kappa shape index (κ1) is 14.3. The number of hydrogen-bond acceptors (Lipinski definition) is 3. The number of carbonyl (C=O) groups excluding carboxylic acids is 2. The molecular formula is C12H20ClNO3. The van der Waals surface area contributed by atoms with Gasteiger partial charge in [-0.25, -0.2) is 4.79 Å². The fraction of sp³-hybridized carbons (Fsp3) is 0.833. The first-order chi connectivity index (χ1) is 8.17. The van der Waals surface area contributed by atoms with Crippen molar-refractivity contribution in [2.45, 2.75) is 44.6 Å². The molecule has 1 aliphatic carbocycles. The molecule has 1 N–H and O–H groups in total. The summed E-state index contributed by atoms with van der Waals surface area (Å²) in [6, 6.07) is -0.547. The molecule has 0 saturated heterocycles. The maximum atomic E-state index is 11.6. The van der Waals surface area contributed by atoms with Crippen molar-refractivity contribution in [1.82, 2.24) is 5.32 Å². The topological polar surface area (TPSA) is 55.4 Å². The van der Waals surface area contributed by atoms with Crippen LogP contribution in [0.4, 0.5) is 0 Å². The number of nitrogens with one attached hydrogen (secondary N) is 1. The van der Waals surface area contributed by atoms with E-state index in [1.807, 2.05) is 0 Å². The van der Waals surface area contributed by atoms with Crippen molar-refractivity contribution in [2.24, 2.45) is 5.92 Å². The summed E-state index contributed by atoms with van der Waals surface area (Å²) < 4.78 is 4.70. The fourth-order valence-electron chi connectivity index (χ4n) is 2.35. The monoisotopic (exact) mass is 261 g/mol. The second-order valence-electron chi connectivity index (χ2n) is 4.52. The van der Waals surface area contributed by atoms with Crippen molar-refractivity contribution < 1.29 is 14.3 Å². The number of alkyl halides is 1. The van der Waals surface area contributed by atoms with Crippen molar-refractivity contribution in [2.75, 3.05) is 13.0 Å². The van der Waals surface area contributed by atoms with Crippen LogP contribution in [0.2, 0.25) is 0 Å². The lowest BCUT2D eigenvalue weighted by atomic mass is 9.85. The summed E-state index contributed by atoms with van der Waals surface area (Å²) in [6.07, 6.45) is 6.61. The normalized spacial score (nSPS) is 18.5. The summed E-state index contributed by atoms with van der Waals surface area (Å²) >= 11 is 5.42. The Hall–Kier alpha value is -0.770. The van der Waals surface area contributed by atoms with Crippen molar-refractivity contribution in [3.63, 3.8) is 0 Å². The van der Waals surface area contributed by atoms with E-state index >= 15 is 0 Å². The molecule has 1 rings (SSSR count). The zero-order valence-electron chi connectivity index (χ0n) is 10.2. The Balaban J connectivity index is 2.49. The number of amides is 1. The van der Waals surface area contributed by atoms with Crippen LogP contribution >= 0.6 is 11.6 Å². The molecule has 1 unspecified atom stereocenters. The van der Waals surface area contributed by atoms with Gasteiger partial charge < -0.3 is 10.1 Å². The van der Waals surface area contributed by atoms with E-state index in [1.165, 1.54) is 26.4 Å². The Morgan fingerprint density at radius 3 is 2.53 bits per heavy atom. The zero-order chi connectivity index (χ0) is 12.7. The molecule has 5 heteroatoms. The van der Waals surface area contributed by atoms with Crippen molar-refractivity contribution >= 4 is 23.5 Å². The smallest absolute Gasteiger partial charge is 0.328 e. The Morgan fingerprint density at radius 1 is 1.35 bits per heavy atom. The van der Waals surface area contributed by atoms with E-state index in [0.717, 1.165) is 12.8 Å². The minimum absolute atomic E-state index is 0.127. The van der Waals surface area contributed by atoms with Gasteiger partial charge in [0.2, 0.25) is 5.91 Å². The number of methoxy groups -OCH3 is 1. The minimum atomic E-state index is -0.547. The van der Waals surface area contributed by atoms with Gasteiger partial charge in [0.25, 0.3) is 0 Å². The van der Waals surface area contributed by atoms with Crippen LogP contribution in [0.5, 0.6) is 0 Å². The maximum absolute atomic E-state index is 11.6. The standard InChI is InChI=1S/C12H20ClNO3/c1-17-12(16)10(14-11(15)8-13)7-9-5-3-2-4-6-9/h9-10H,2-8H2,1H3,(H,14,15). The quantitative estimate of drug-likeness (QED) is 0.607. The number of ether oxygens (including phenoxy) is 1. The van der Waals surface area contributed by atoms with E-state index in [0.29, 0.717) is 12.3 Å². The third kappa shape index (κ3) is 4.94. The van der Waals surface area contributed by atoms with Gasteiger partial charge in [0.1, 0.15) is 11.9 Å². The predicted molar refractivity (Wildman–Crippen MR) is 65.9 cm³/mol. The number of rotatable bonds is 5. The van der Waals surface area contributed by atoms with Crippen LogP contribution in [-0.4, -0.2) is 30.9 Å². The lowest BCUT2D eigenvalue weighted by molar-refractivity contribution is -0.145. The molecule has 4 nitrogen and oxygen atoms in total. The zero-order valence-corrected chi connectivity index (χ0v) is 11.0. The van der Waals surface area contributed by atoms with Gasteiger partial charge in [-0.1, -0.05) is 32.1 Å². The van der Waals surface area contributed by atoms with E-state index in [1.54, 1.807) is 0 Å². The molecule has 0 aliphatic heterocycles. The molecule has 1 saturated carbocycles. The molecule has 0 heterocycles. The predicted octanol–water partition coefficient (Wildman–Crippen LogP) is 1.85. The second kappa shape index (κ2) is 7.54. The Labute approximate surface area is 107 Å². The molecular weight excluding hydrogens is 242 g/mol. The molecule has 0 aromatic carbocycles. The van der Waals surface area contributed by atoms with E-state index in [4.69, 9.17) is 16.3 Å². The van der Waals surface area contributed by atoms with Crippen molar-refractivity contribution in [3.8, 4) is 0 Å². The highest BCUT2D eigenvalue weighted by Crippen LogP contribution is 2.27. The summed E-state index contributed by atoms with van der Waals surface area (Å²) in [5, 5.41) is 2.62. The van der Waals surface area contributed by atoms with Gasteiger partial charge in [-0.2, -0.15) is 0 Å². The van der Waals surface area contributed by atoms with E-state index in [-0.39, 0.29) is 17.8 Å². The maximum Gasteiger partial charge on any atom is 0.328 e. The molecule has 1 amide bonds. The number of halogens is 1. The summed E-state index contributed by atoms with van der Waals surface area (Å²) in [5.74, 6) is -0.326. The molecule has 0 aromatic rings. The first-order valence-corrected chi connectivity index (χ1v) is 6.64. The highest BCUT2D eigenvalue weighted by atomic mass is 35.5. The summed E-state index contributed by atoms with van der Waals surface area (Å²) in [6.45, 7) is 0. The van der Waals surface area contributed by atoms with Crippen LogP contribution in [0.3, 0.4) is 0 Å². The highest BCUT2D eigenvalue weighted by Gasteiger charge is 2.26. The molecule has 0 aromatic heterocycles. The number of carbonyl (C=O) groups is 2. The van der Waals surface area contributed by atoms with Gasteiger partial charge in [0, 0.05) is 0 Å². The number of esters is 1. The van der Waals surface area contributed by atoms with Crippen molar-refractivity contribution in [3.05, 3.63) is 0 Å². The summed E-state index contributed by atoms with van der Waals surface area (Å²) in [4.78, 5) is 22.8. The summed E-state index contributed by atoms with van der Waals surface area (Å²) in [7, 11) is 1.34. The van der Waals surface area contributed by atoms with E-state index in [2.05, 4.69) is 5.32 Å². The van der Waals surface area contributed by atoms with Crippen molar-refractivity contribution in [1.29, 1.82) is 0 Å². The third-order valence-electron chi connectivity index (χ3n) is 3.24. The molecule has 17 heavy (non-hydrogen) atoms. The summed E-state index contributed by atoms with van der Waals surface area (Å²) in [5.41, 5.74) is 0. The fourth-order valence-corrected chi connectivity index (χ4v) is 2.42. The van der Waals surface area contributed by atoms with Crippen LogP contribution in [-0.2, 0) is 14.3 Å². The SMILES string of the molecule is COC(=O)C(CC1CCCCC1)NC(=O)CCl.